The molecule has 1 saturated carbocycles. The van der Waals surface area contributed by atoms with Crippen LogP contribution >= 0.6 is 0 Å². The van der Waals surface area contributed by atoms with E-state index in [9.17, 15) is 30.7 Å². The van der Waals surface area contributed by atoms with E-state index in [0.29, 0.717) is 23.6 Å². The molecule has 2 aromatic rings. The second-order valence-corrected chi connectivity index (χ2v) is 8.44. The highest BCUT2D eigenvalue weighted by Gasteiger charge is 2.34. The molecule has 0 radical (unpaired) electrons. The van der Waals surface area contributed by atoms with Crippen LogP contribution in [0.3, 0.4) is 0 Å². The van der Waals surface area contributed by atoms with Crippen LogP contribution in [0.15, 0.2) is 24.3 Å². The number of ether oxygens (including phenoxy) is 1. The Labute approximate surface area is 182 Å². The van der Waals surface area contributed by atoms with Crippen molar-refractivity contribution in [2.75, 3.05) is 0 Å². The van der Waals surface area contributed by atoms with Crippen molar-refractivity contribution in [3.63, 3.8) is 0 Å². The number of benzene rings is 2. The minimum atomic E-state index is -5.27. The normalized spacial score (nSPS) is 19.2. The van der Waals surface area contributed by atoms with Crippen LogP contribution in [0.1, 0.15) is 74.5 Å². The zero-order chi connectivity index (χ0) is 23.5. The second kappa shape index (κ2) is 10.1. The standard InChI is InChI=1S/C24H25F7O/c1-2-3-4-14-5-7-16(8-6-14)17-12-19(25)18(20(26)13-17)9-15-10-21(27)23(22(28)11-15)32-24(29,30)31/h10-14,16H,2-9H2,1H3. The molecule has 0 N–H and O–H groups in total. The molecule has 0 aromatic heterocycles. The van der Waals surface area contributed by atoms with E-state index in [1.807, 2.05) is 0 Å². The van der Waals surface area contributed by atoms with Gasteiger partial charge in [-0.1, -0.05) is 26.2 Å². The van der Waals surface area contributed by atoms with Gasteiger partial charge in [0.15, 0.2) is 11.6 Å². The molecule has 0 unspecified atom stereocenters. The van der Waals surface area contributed by atoms with Crippen LogP contribution in [0, 0.1) is 29.2 Å². The van der Waals surface area contributed by atoms with E-state index in [2.05, 4.69) is 11.7 Å². The average Bonchev–Trinajstić information content (AvgIpc) is 2.71. The van der Waals surface area contributed by atoms with E-state index in [-0.39, 0.29) is 11.5 Å². The fourth-order valence-electron chi connectivity index (χ4n) is 4.44. The fourth-order valence-corrected chi connectivity index (χ4v) is 4.44. The van der Waals surface area contributed by atoms with Crippen molar-refractivity contribution in [2.24, 2.45) is 5.92 Å². The summed E-state index contributed by atoms with van der Waals surface area (Å²) in [6.07, 6.45) is 1.44. The van der Waals surface area contributed by atoms with Gasteiger partial charge in [0.05, 0.1) is 0 Å². The van der Waals surface area contributed by atoms with Gasteiger partial charge in [-0.05, 0) is 72.9 Å². The van der Waals surface area contributed by atoms with Gasteiger partial charge in [-0.15, -0.1) is 13.2 Å². The highest BCUT2D eigenvalue weighted by Crippen LogP contribution is 2.39. The number of hydrogen-bond donors (Lipinski definition) is 0. The molecule has 1 fully saturated rings. The van der Waals surface area contributed by atoms with Gasteiger partial charge >= 0.3 is 6.36 Å². The maximum absolute atomic E-state index is 14.7. The molecule has 0 saturated heterocycles. The molecule has 1 nitrogen and oxygen atoms in total. The molecule has 1 aliphatic rings. The Balaban J connectivity index is 1.74. The van der Waals surface area contributed by atoms with Gasteiger partial charge in [0, 0.05) is 12.0 Å². The molecule has 0 atom stereocenters. The van der Waals surface area contributed by atoms with Gasteiger partial charge in [0.25, 0.3) is 0 Å². The third kappa shape index (κ3) is 6.17. The van der Waals surface area contributed by atoms with Crippen molar-refractivity contribution in [1.29, 1.82) is 0 Å². The molecule has 3 rings (SSSR count). The van der Waals surface area contributed by atoms with Crippen LogP contribution in [0.4, 0.5) is 30.7 Å². The molecule has 0 heterocycles. The highest BCUT2D eigenvalue weighted by molar-refractivity contribution is 5.37. The topological polar surface area (TPSA) is 9.23 Å². The van der Waals surface area contributed by atoms with E-state index < -0.39 is 47.4 Å². The van der Waals surface area contributed by atoms with Gasteiger partial charge in [0.1, 0.15) is 11.6 Å². The van der Waals surface area contributed by atoms with E-state index in [4.69, 9.17) is 0 Å². The Kier molecular flexibility index (Phi) is 7.72. The molecule has 176 valence electrons. The lowest BCUT2D eigenvalue weighted by molar-refractivity contribution is -0.276. The molecule has 0 amide bonds. The van der Waals surface area contributed by atoms with Crippen molar-refractivity contribution in [1.82, 2.24) is 0 Å². The molecular weight excluding hydrogens is 437 g/mol. The summed E-state index contributed by atoms with van der Waals surface area (Å²) in [5, 5.41) is 0. The summed E-state index contributed by atoms with van der Waals surface area (Å²) >= 11 is 0. The lowest BCUT2D eigenvalue weighted by Gasteiger charge is -2.29. The zero-order valence-electron chi connectivity index (χ0n) is 17.7. The fraction of sp³-hybridized carbons (Fsp3) is 0.500. The van der Waals surface area contributed by atoms with Crippen molar-refractivity contribution in [3.8, 4) is 5.75 Å². The highest BCUT2D eigenvalue weighted by atomic mass is 19.4. The van der Waals surface area contributed by atoms with E-state index in [1.165, 1.54) is 25.0 Å². The van der Waals surface area contributed by atoms with Crippen LogP contribution in [-0.2, 0) is 6.42 Å². The Bertz CT molecular complexity index is 884. The molecule has 32 heavy (non-hydrogen) atoms. The van der Waals surface area contributed by atoms with Crippen LogP contribution in [0.25, 0.3) is 0 Å². The summed E-state index contributed by atoms with van der Waals surface area (Å²) in [7, 11) is 0. The summed E-state index contributed by atoms with van der Waals surface area (Å²) in [4.78, 5) is 0. The Morgan fingerprint density at radius 2 is 1.41 bits per heavy atom. The van der Waals surface area contributed by atoms with Gasteiger partial charge in [-0.3, -0.25) is 0 Å². The van der Waals surface area contributed by atoms with Crippen LogP contribution in [-0.4, -0.2) is 6.36 Å². The molecule has 8 heteroatoms. The minimum Gasteiger partial charge on any atom is -0.399 e. The summed E-state index contributed by atoms with van der Waals surface area (Å²) < 4.78 is 97.3. The molecule has 0 bridgehead atoms. The second-order valence-electron chi connectivity index (χ2n) is 8.44. The minimum absolute atomic E-state index is 0.0552. The first kappa shape index (κ1) is 24.4. The maximum atomic E-state index is 14.7. The summed E-state index contributed by atoms with van der Waals surface area (Å²) in [6, 6.07) is 3.66. The van der Waals surface area contributed by atoms with Gasteiger partial charge < -0.3 is 4.74 Å². The molecule has 0 aliphatic heterocycles. The average molecular weight is 462 g/mol. The first-order chi connectivity index (χ1) is 15.1. The molecular formula is C24H25F7O. The number of alkyl halides is 3. The third-order valence-corrected chi connectivity index (χ3v) is 6.10. The zero-order valence-corrected chi connectivity index (χ0v) is 17.7. The number of unbranched alkanes of at least 4 members (excludes halogenated alkanes) is 1. The third-order valence-electron chi connectivity index (χ3n) is 6.10. The number of halogens is 7. The maximum Gasteiger partial charge on any atom is 0.573 e. The summed E-state index contributed by atoms with van der Waals surface area (Å²) in [5.74, 6) is -5.79. The van der Waals surface area contributed by atoms with Crippen molar-refractivity contribution in [3.05, 3.63) is 64.2 Å². The lowest BCUT2D eigenvalue weighted by Crippen LogP contribution is -2.19. The summed E-state index contributed by atoms with van der Waals surface area (Å²) in [5.41, 5.74) is -0.0471. The Morgan fingerprint density at radius 1 is 0.844 bits per heavy atom. The number of hydrogen-bond acceptors (Lipinski definition) is 1. The van der Waals surface area contributed by atoms with Gasteiger partial charge in [-0.2, -0.15) is 0 Å². The molecule has 2 aromatic carbocycles. The Hall–Kier alpha value is -2.25. The first-order valence-electron chi connectivity index (χ1n) is 10.8. The largest absolute Gasteiger partial charge is 0.573 e. The van der Waals surface area contributed by atoms with Crippen molar-refractivity contribution >= 4 is 0 Å². The van der Waals surface area contributed by atoms with E-state index >= 15 is 0 Å². The lowest BCUT2D eigenvalue weighted by atomic mass is 9.77. The molecule has 1 aliphatic carbocycles. The summed E-state index contributed by atoms with van der Waals surface area (Å²) in [6.45, 7) is 2.15. The smallest absolute Gasteiger partial charge is 0.399 e. The monoisotopic (exact) mass is 462 g/mol. The van der Waals surface area contributed by atoms with Crippen LogP contribution in [0.2, 0.25) is 0 Å². The predicted molar refractivity (Wildman–Crippen MR) is 106 cm³/mol. The van der Waals surface area contributed by atoms with E-state index in [1.54, 1.807) is 0 Å². The van der Waals surface area contributed by atoms with E-state index in [0.717, 1.165) is 32.1 Å². The predicted octanol–water partition coefficient (Wildman–Crippen LogP) is 8.20. The molecule has 0 spiro atoms. The first-order valence-corrected chi connectivity index (χ1v) is 10.8. The quantitative estimate of drug-likeness (QED) is 0.377. The number of rotatable bonds is 7. The van der Waals surface area contributed by atoms with Crippen molar-refractivity contribution in [2.45, 2.75) is 70.6 Å². The van der Waals surface area contributed by atoms with Crippen LogP contribution < -0.4 is 4.74 Å². The van der Waals surface area contributed by atoms with Crippen LogP contribution in [0.5, 0.6) is 5.75 Å². The SMILES string of the molecule is CCCCC1CCC(c2cc(F)c(Cc3cc(F)c(OC(F)(F)F)c(F)c3)c(F)c2)CC1. The Morgan fingerprint density at radius 3 is 1.91 bits per heavy atom. The van der Waals surface area contributed by atoms with Crippen molar-refractivity contribution < 1.29 is 35.5 Å². The van der Waals surface area contributed by atoms with Gasteiger partial charge in [-0.25, -0.2) is 17.6 Å². The van der Waals surface area contributed by atoms with Gasteiger partial charge in [0.2, 0.25) is 5.75 Å².